The monoisotopic (exact) mass is 135 g/mol. The Balaban J connectivity index is 0. The van der Waals surface area contributed by atoms with Crippen LogP contribution in [0, 0.1) is 0 Å². The summed E-state index contributed by atoms with van der Waals surface area (Å²) in [4.78, 5) is 18.0. The van der Waals surface area contributed by atoms with E-state index >= 15 is 0 Å². The van der Waals surface area contributed by atoms with E-state index in [1.54, 1.807) is 6.92 Å². The van der Waals surface area contributed by atoms with E-state index in [1.165, 1.54) is 13.3 Å². The van der Waals surface area contributed by atoms with E-state index in [9.17, 15) is 0 Å². The molecule has 0 spiro atoms. The quantitative estimate of drug-likeness (QED) is 0.399. The van der Waals surface area contributed by atoms with E-state index in [1.807, 2.05) is 0 Å². The Morgan fingerprint density at radius 2 is 1.38 bits per heavy atom. The molecule has 0 heterocycles. The molecule has 0 aliphatic carbocycles. The fourth-order valence-electron chi connectivity index (χ4n) is 0. The van der Waals surface area contributed by atoms with E-state index in [-0.39, 0.29) is 8.41 Å². The van der Waals surface area contributed by atoms with Crippen LogP contribution in [0.5, 0.6) is 0 Å². The summed E-state index contributed by atoms with van der Waals surface area (Å²) in [6, 6.07) is 0. The maximum Gasteiger partial charge on any atom is 0 e. The van der Waals surface area contributed by atoms with Crippen molar-refractivity contribution < 1.29 is 9.79 Å². The summed E-state index contributed by atoms with van der Waals surface area (Å²) in [6.45, 7) is 4.79. The van der Waals surface area contributed by atoms with Crippen LogP contribution in [0.25, 0.3) is 0 Å². The van der Waals surface area contributed by atoms with Gasteiger partial charge in [0.15, 0.2) is 0 Å². The summed E-state index contributed by atoms with van der Waals surface area (Å²) >= 11 is 0. The fraction of sp³-hybridized carbons (Fsp3) is 1.00. The number of hydrogen-bond donors (Lipinski definition) is 2. The van der Waals surface area contributed by atoms with E-state index in [2.05, 4.69) is 0 Å². The number of rotatable bonds is 1. The van der Waals surface area contributed by atoms with E-state index in [4.69, 9.17) is 9.79 Å². The molecular weight excluding hydrogens is 122 g/mol. The molecule has 8 heavy (non-hydrogen) atoms. The van der Waals surface area contributed by atoms with Gasteiger partial charge >= 0.3 is 43.3 Å². The average Bonchev–Trinajstić information content (AvgIpc) is 1.32. The molecule has 3 radical (unpaired) electrons. The topological polar surface area (TPSA) is 40.5 Å². The summed E-state index contributed by atoms with van der Waals surface area (Å²) in [6.07, 6.45) is 0.478. The molecule has 0 saturated carbocycles. The van der Waals surface area contributed by atoms with Crippen LogP contribution in [-0.4, -0.2) is 37.7 Å². The summed E-state index contributed by atoms with van der Waals surface area (Å²) in [5.74, 6) is 0. The van der Waals surface area contributed by atoms with Crippen molar-refractivity contribution in [3.63, 3.8) is 0 Å². The van der Waals surface area contributed by atoms with E-state index in [0.29, 0.717) is 6.16 Å². The minimum Gasteiger partial charge on any atom is 0 e. The molecule has 0 aliphatic heterocycles. The van der Waals surface area contributed by atoms with Gasteiger partial charge in [-0.05, 0) is 0 Å². The first kappa shape index (κ1) is 11.2. The third kappa shape index (κ3) is 9.65. The fourth-order valence-corrected chi connectivity index (χ4v) is 0. The van der Waals surface area contributed by atoms with Crippen molar-refractivity contribution in [3.05, 3.63) is 0 Å². The molecule has 0 aromatic rings. The molecule has 0 atom stereocenters. The molecule has 0 bridgehead atoms. The second kappa shape index (κ2) is 2.34. The molecule has 49 valence electrons. The van der Waals surface area contributed by atoms with Crippen LogP contribution in [-0.2, 0) is 0 Å². The number of hydrogen-bond acceptors (Lipinski definition) is 2. The van der Waals surface area contributed by atoms with Gasteiger partial charge in [-0.3, -0.25) is 0 Å². The molecule has 0 amide bonds. The van der Waals surface area contributed by atoms with Crippen LogP contribution >= 0.6 is 7.06 Å². The van der Waals surface area contributed by atoms with Crippen molar-refractivity contribution >= 4 is 15.5 Å². The average molecular weight is 135 g/mol. The maximum absolute atomic E-state index is 8.98. The SMILES string of the molecule is CCP(C)(C)(O)O.[B]. The molecule has 0 aliphatic rings. The summed E-state index contributed by atoms with van der Waals surface area (Å²) < 4.78 is 0. The van der Waals surface area contributed by atoms with Gasteiger partial charge in [0.1, 0.15) is 0 Å². The molecule has 2 nitrogen and oxygen atoms in total. The molecule has 0 rings (SSSR count). The van der Waals surface area contributed by atoms with Gasteiger partial charge in [-0.15, -0.1) is 0 Å². The minimum atomic E-state index is -3.08. The Hall–Kier alpha value is 0.415. The Kier molecular flexibility index (Phi) is 3.29. The van der Waals surface area contributed by atoms with Crippen molar-refractivity contribution in [3.8, 4) is 0 Å². The van der Waals surface area contributed by atoms with Gasteiger partial charge in [0.25, 0.3) is 0 Å². The molecule has 4 heteroatoms. The van der Waals surface area contributed by atoms with E-state index in [0.717, 1.165) is 0 Å². The van der Waals surface area contributed by atoms with Gasteiger partial charge in [-0.25, -0.2) is 0 Å². The smallest absolute Gasteiger partial charge is 0 e. The van der Waals surface area contributed by atoms with Crippen LogP contribution in [0.1, 0.15) is 6.92 Å². The van der Waals surface area contributed by atoms with Gasteiger partial charge in [0.2, 0.25) is 0 Å². The van der Waals surface area contributed by atoms with Crippen molar-refractivity contribution in [2.45, 2.75) is 6.92 Å². The van der Waals surface area contributed by atoms with Gasteiger partial charge in [-0.1, -0.05) is 0 Å². The zero-order valence-electron chi connectivity index (χ0n) is 5.63. The van der Waals surface area contributed by atoms with Crippen LogP contribution < -0.4 is 0 Å². The van der Waals surface area contributed by atoms with Gasteiger partial charge in [-0.2, -0.15) is 0 Å². The van der Waals surface area contributed by atoms with Gasteiger partial charge in [0.05, 0.1) is 0 Å². The Morgan fingerprint density at radius 3 is 1.38 bits per heavy atom. The van der Waals surface area contributed by atoms with Crippen LogP contribution in [0.2, 0.25) is 0 Å². The predicted molar refractivity (Wildman–Crippen MR) is 39.5 cm³/mol. The molecule has 0 aromatic heterocycles. The van der Waals surface area contributed by atoms with Gasteiger partial charge in [0, 0.05) is 8.41 Å². The van der Waals surface area contributed by atoms with E-state index < -0.39 is 7.06 Å². The molecular formula is C4H13BO2P. The maximum atomic E-state index is 8.98. The molecule has 0 aromatic carbocycles. The third-order valence-electron chi connectivity index (χ3n) is 0.915. The zero-order chi connectivity index (χ0) is 6.15. The summed E-state index contributed by atoms with van der Waals surface area (Å²) in [7, 11) is -3.08. The van der Waals surface area contributed by atoms with Crippen molar-refractivity contribution in [2.75, 3.05) is 19.5 Å². The molecule has 0 unspecified atom stereocenters. The van der Waals surface area contributed by atoms with Gasteiger partial charge < -0.3 is 0 Å². The zero-order valence-corrected chi connectivity index (χ0v) is 6.52. The Bertz CT molecular complexity index is 66.6. The predicted octanol–water partition coefficient (Wildman–Crippen LogP) is 0.253. The normalized spacial score (nSPS) is 15.9. The standard InChI is InChI=1S/C4H13O2P.B/c1-4-7(2,3,5)6;/h5-6H,4H2,1-3H3;. The second-order valence-electron chi connectivity index (χ2n) is 2.57. The third-order valence-corrected chi connectivity index (χ3v) is 2.75. The Labute approximate surface area is 52.6 Å². The Morgan fingerprint density at radius 1 is 1.25 bits per heavy atom. The largest absolute Gasteiger partial charge is 0 e. The van der Waals surface area contributed by atoms with Crippen molar-refractivity contribution in [1.29, 1.82) is 0 Å². The van der Waals surface area contributed by atoms with Crippen molar-refractivity contribution in [1.82, 2.24) is 0 Å². The first-order valence-corrected chi connectivity index (χ1v) is 5.54. The molecule has 0 saturated heterocycles. The summed E-state index contributed by atoms with van der Waals surface area (Å²) in [5.41, 5.74) is 0. The van der Waals surface area contributed by atoms with Crippen molar-refractivity contribution in [2.24, 2.45) is 0 Å². The molecule has 2 N–H and O–H groups in total. The van der Waals surface area contributed by atoms with Crippen LogP contribution in [0.15, 0.2) is 0 Å². The summed E-state index contributed by atoms with van der Waals surface area (Å²) in [5, 5.41) is 0. The minimum absolute atomic E-state index is 0. The van der Waals surface area contributed by atoms with Crippen LogP contribution in [0.4, 0.5) is 0 Å². The van der Waals surface area contributed by atoms with Crippen LogP contribution in [0.3, 0.4) is 0 Å². The first-order valence-electron chi connectivity index (χ1n) is 2.32. The first-order chi connectivity index (χ1) is 2.81. The second-order valence-corrected chi connectivity index (χ2v) is 7.70. The molecule has 0 fully saturated rings.